The fraction of sp³-hybridized carbons (Fsp3) is 0.300. The zero-order valence-corrected chi connectivity index (χ0v) is 14.7. The molecule has 0 aromatic heterocycles. The van der Waals surface area contributed by atoms with Gasteiger partial charge in [-0.3, -0.25) is 9.59 Å². The van der Waals surface area contributed by atoms with E-state index in [4.69, 9.17) is 9.47 Å². The lowest BCUT2D eigenvalue weighted by Crippen LogP contribution is -2.32. The summed E-state index contributed by atoms with van der Waals surface area (Å²) in [6.45, 7) is 3.40. The Morgan fingerprint density at radius 1 is 1.08 bits per heavy atom. The first-order chi connectivity index (χ1) is 12.0. The standard InChI is InChI=1S/C20H23NO4/c1-4-19(15-8-10-17(24-3)11-9-15)21-20(23)13-25-18-7-5-6-16(12-18)14(2)22/h5-12,19H,4,13H2,1-3H3,(H,21,23). The monoisotopic (exact) mass is 341 g/mol. The van der Waals surface area contributed by atoms with Crippen LogP contribution in [0, 0.1) is 0 Å². The van der Waals surface area contributed by atoms with Crippen LogP contribution >= 0.6 is 0 Å². The van der Waals surface area contributed by atoms with E-state index in [9.17, 15) is 9.59 Å². The van der Waals surface area contributed by atoms with Crippen LogP contribution < -0.4 is 14.8 Å². The van der Waals surface area contributed by atoms with Gasteiger partial charge in [-0.05, 0) is 43.2 Å². The lowest BCUT2D eigenvalue weighted by molar-refractivity contribution is -0.123. The normalized spacial score (nSPS) is 11.5. The second-order valence-corrected chi connectivity index (χ2v) is 5.67. The van der Waals surface area contributed by atoms with Gasteiger partial charge in [-0.1, -0.05) is 31.2 Å². The molecule has 2 aromatic rings. The highest BCUT2D eigenvalue weighted by Crippen LogP contribution is 2.20. The molecular formula is C20H23NO4. The Labute approximate surface area is 148 Å². The smallest absolute Gasteiger partial charge is 0.258 e. The molecule has 0 saturated carbocycles. The molecule has 0 saturated heterocycles. The van der Waals surface area contributed by atoms with E-state index in [1.54, 1.807) is 31.4 Å². The maximum atomic E-state index is 12.2. The van der Waals surface area contributed by atoms with Gasteiger partial charge in [0.2, 0.25) is 0 Å². The van der Waals surface area contributed by atoms with Crippen LogP contribution in [-0.2, 0) is 4.79 Å². The third-order valence-corrected chi connectivity index (χ3v) is 3.87. The quantitative estimate of drug-likeness (QED) is 0.746. The molecule has 0 spiro atoms. The lowest BCUT2D eigenvalue weighted by atomic mass is 10.0. The number of nitrogens with one attached hydrogen (secondary N) is 1. The van der Waals surface area contributed by atoms with E-state index in [2.05, 4.69) is 5.32 Å². The van der Waals surface area contributed by atoms with E-state index in [1.807, 2.05) is 31.2 Å². The molecule has 0 heterocycles. The SMILES string of the molecule is CCC(NC(=O)COc1cccc(C(C)=O)c1)c1ccc(OC)cc1. The summed E-state index contributed by atoms with van der Waals surface area (Å²) in [6, 6.07) is 14.3. The second-order valence-electron chi connectivity index (χ2n) is 5.67. The van der Waals surface area contributed by atoms with Crippen molar-refractivity contribution in [1.29, 1.82) is 0 Å². The molecule has 25 heavy (non-hydrogen) atoms. The molecule has 0 radical (unpaired) electrons. The predicted octanol–water partition coefficient (Wildman–Crippen LogP) is 3.54. The van der Waals surface area contributed by atoms with Gasteiger partial charge in [-0.2, -0.15) is 0 Å². The molecule has 1 N–H and O–H groups in total. The van der Waals surface area contributed by atoms with Crippen molar-refractivity contribution in [1.82, 2.24) is 5.32 Å². The highest BCUT2D eigenvalue weighted by atomic mass is 16.5. The Kier molecular flexibility index (Phi) is 6.57. The first-order valence-electron chi connectivity index (χ1n) is 8.20. The molecule has 5 nitrogen and oxygen atoms in total. The van der Waals surface area contributed by atoms with E-state index in [0.29, 0.717) is 11.3 Å². The van der Waals surface area contributed by atoms with Crippen LogP contribution in [0.5, 0.6) is 11.5 Å². The van der Waals surface area contributed by atoms with Crippen LogP contribution in [0.3, 0.4) is 0 Å². The Balaban J connectivity index is 1.93. The van der Waals surface area contributed by atoms with Crippen molar-refractivity contribution in [3.05, 3.63) is 59.7 Å². The maximum absolute atomic E-state index is 12.2. The summed E-state index contributed by atoms with van der Waals surface area (Å²) in [5.74, 6) is 1.02. The van der Waals surface area contributed by atoms with Crippen LogP contribution in [0.15, 0.2) is 48.5 Å². The van der Waals surface area contributed by atoms with Gasteiger partial charge in [0, 0.05) is 5.56 Å². The molecule has 2 rings (SSSR count). The predicted molar refractivity (Wildman–Crippen MR) is 96.1 cm³/mol. The minimum Gasteiger partial charge on any atom is -0.497 e. The second kappa shape index (κ2) is 8.87. The summed E-state index contributed by atoms with van der Waals surface area (Å²) in [6.07, 6.45) is 0.762. The number of rotatable bonds is 8. The summed E-state index contributed by atoms with van der Waals surface area (Å²) in [7, 11) is 1.62. The van der Waals surface area contributed by atoms with E-state index in [0.717, 1.165) is 17.7 Å². The van der Waals surface area contributed by atoms with Crippen LogP contribution in [0.2, 0.25) is 0 Å². The van der Waals surface area contributed by atoms with E-state index >= 15 is 0 Å². The Hall–Kier alpha value is -2.82. The molecule has 0 aliphatic heterocycles. The lowest BCUT2D eigenvalue weighted by Gasteiger charge is -2.18. The Morgan fingerprint density at radius 2 is 1.80 bits per heavy atom. The van der Waals surface area contributed by atoms with E-state index in [-0.39, 0.29) is 24.3 Å². The number of amides is 1. The minimum absolute atomic E-state index is 0.0412. The number of methoxy groups -OCH3 is 1. The van der Waals surface area contributed by atoms with Gasteiger partial charge in [0.05, 0.1) is 13.2 Å². The number of ether oxygens (including phenoxy) is 2. The average molecular weight is 341 g/mol. The Morgan fingerprint density at radius 3 is 2.40 bits per heavy atom. The number of carbonyl (C=O) groups is 2. The number of hydrogen-bond acceptors (Lipinski definition) is 4. The first-order valence-corrected chi connectivity index (χ1v) is 8.20. The van der Waals surface area contributed by atoms with Gasteiger partial charge < -0.3 is 14.8 Å². The fourth-order valence-electron chi connectivity index (χ4n) is 2.45. The number of carbonyl (C=O) groups excluding carboxylic acids is 2. The van der Waals surface area contributed by atoms with Gasteiger partial charge >= 0.3 is 0 Å². The summed E-state index contributed by atoms with van der Waals surface area (Å²) >= 11 is 0. The Bertz CT molecular complexity index is 725. The topological polar surface area (TPSA) is 64.6 Å². The largest absolute Gasteiger partial charge is 0.497 e. The van der Waals surface area contributed by atoms with Crippen molar-refractivity contribution in [3.63, 3.8) is 0 Å². The number of ketones is 1. The average Bonchev–Trinajstić information content (AvgIpc) is 2.64. The minimum atomic E-state index is -0.212. The van der Waals surface area contributed by atoms with Crippen molar-refractivity contribution >= 4 is 11.7 Å². The molecule has 1 amide bonds. The van der Waals surface area contributed by atoms with Gasteiger partial charge in [0.25, 0.3) is 5.91 Å². The zero-order valence-electron chi connectivity index (χ0n) is 14.7. The third-order valence-electron chi connectivity index (χ3n) is 3.87. The van der Waals surface area contributed by atoms with E-state index < -0.39 is 0 Å². The van der Waals surface area contributed by atoms with Crippen molar-refractivity contribution in [2.45, 2.75) is 26.3 Å². The van der Waals surface area contributed by atoms with Crippen molar-refractivity contribution in [2.24, 2.45) is 0 Å². The molecule has 2 aromatic carbocycles. The fourth-order valence-corrected chi connectivity index (χ4v) is 2.45. The van der Waals surface area contributed by atoms with Crippen molar-refractivity contribution in [3.8, 4) is 11.5 Å². The molecule has 0 bridgehead atoms. The number of hydrogen-bond donors (Lipinski definition) is 1. The van der Waals surface area contributed by atoms with Gasteiger partial charge in [0.1, 0.15) is 11.5 Å². The van der Waals surface area contributed by atoms with Gasteiger partial charge in [-0.15, -0.1) is 0 Å². The highest BCUT2D eigenvalue weighted by Gasteiger charge is 2.13. The molecule has 0 fully saturated rings. The molecule has 0 aliphatic rings. The van der Waals surface area contributed by atoms with Crippen molar-refractivity contribution in [2.75, 3.05) is 13.7 Å². The van der Waals surface area contributed by atoms with Crippen LogP contribution in [0.25, 0.3) is 0 Å². The van der Waals surface area contributed by atoms with E-state index in [1.165, 1.54) is 6.92 Å². The molecule has 0 aliphatic carbocycles. The van der Waals surface area contributed by atoms with Crippen LogP contribution in [0.4, 0.5) is 0 Å². The van der Waals surface area contributed by atoms with Crippen LogP contribution in [0.1, 0.15) is 42.2 Å². The molecular weight excluding hydrogens is 318 g/mol. The molecule has 132 valence electrons. The molecule has 1 unspecified atom stereocenters. The summed E-state index contributed by atoms with van der Waals surface area (Å²) in [5.41, 5.74) is 1.57. The summed E-state index contributed by atoms with van der Waals surface area (Å²) in [4.78, 5) is 23.6. The van der Waals surface area contributed by atoms with Crippen molar-refractivity contribution < 1.29 is 19.1 Å². The zero-order chi connectivity index (χ0) is 18.2. The number of Topliss-reactive ketones (excluding diaryl/α,β-unsaturated/α-hetero) is 1. The number of benzene rings is 2. The third kappa shape index (κ3) is 5.35. The summed E-state index contributed by atoms with van der Waals surface area (Å²) in [5, 5.41) is 2.96. The summed E-state index contributed by atoms with van der Waals surface area (Å²) < 4.78 is 10.6. The maximum Gasteiger partial charge on any atom is 0.258 e. The molecule has 1 atom stereocenters. The van der Waals surface area contributed by atoms with Gasteiger partial charge in [0.15, 0.2) is 12.4 Å². The van der Waals surface area contributed by atoms with Crippen LogP contribution in [-0.4, -0.2) is 25.4 Å². The van der Waals surface area contributed by atoms with Gasteiger partial charge in [-0.25, -0.2) is 0 Å². The molecule has 5 heteroatoms. The first kappa shape index (κ1) is 18.5. The highest BCUT2D eigenvalue weighted by molar-refractivity contribution is 5.94.